The number of carbonyl (C=O) groups is 3. The minimum absolute atomic E-state index is 0.141. The van der Waals surface area contributed by atoms with E-state index < -0.39 is 29.6 Å². The van der Waals surface area contributed by atoms with Crippen LogP contribution in [0.3, 0.4) is 0 Å². The predicted octanol–water partition coefficient (Wildman–Crippen LogP) is 3.71. The lowest BCUT2D eigenvalue weighted by atomic mass is 10.1. The van der Waals surface area contributed by atoms with Gasteiger partial charge in [0.15, 0.2) is 0 Å². The summed E-state index contributed by atoms with van der Waals surface area (Å²) in [6, 6.07) is 22.0. The molecule has 3 amide bonds. The Hall–Kier alpha value is -4.31. The van der Waals surface area contributed by atoms with Gasteiger partial charge in [-0.2, -0.15) is 5.26 Å². The van der Waals surface area contributed by atoms with Crippen LogP contribution in [-0.2, 0) is 16.0 Å². The lowest BCUT2D eigenvalue weighted by Crippen LogP contribution is -2.46. The zero-order valence-corrected chi connectivity index (χ0v) is 17.6. The lowest BCUT2D eigenvalue weighted by molar-refractivity contribution is -0.122. The summed E-state index contributed by atoms with van der Waals surface area (Å²) in [4.78, 5) is 41.7. The van der Waals surface area contributed by atoms with Crippen molar-refractivity contribution in [1.29, 1.82) is 5.26 Å². The molecule has 1 unspecified atom stereocenters. The second-order valence-electron chi connectivity index (χ2n) is 7.66. The minimum atomic E-state index is -1.05. The third kappa shape index (κ3) is 4.51. The first-order valence-corrected chi connectivity index (χ1v) is 10.5. The lowest BCUT2D eigenvalue weighted by Gasteiger charge is -2.28. The number of rotatable bonds is 6. The van der Waals surface area contributed by atoms with Gasteiger partial charge in [0.25, 0.3) is 11.8 Å². The van der Waals surface area contributed by atoms with Crippen molar-refractivity contribution in [3.63, 3.8) is 0 Å². The van der Waals surface area contributed by atoms with Gasteiger partial charge in [0.05, 0.1) is 29.3 Å². The summed E-state index contributed by atoms with van der Waals surface area (Å²) < 4.78 is 14.4. The highest BCUT2D eigenvalue weighted by atomic mass is 19.1. The second-order valence-corrected chi connectivity index (χ2v) is 7.66. The fourth-order valence-corrected chi connectivity index (χ4v) is 3.90. The van der Waals surface area contributed by atoms with E-state index in [2.05, 4.69) is 0 Å². The fraction of sp³-hybridized carbons (Fsp3) is 0.154. The first-order valence-electron chi connectivity index (χ1n) is 10.5. The molecule has 6 nitrogen and oxygen atoms in total. The van der Waals surface area contributed by atoms with E-state index in [1.165, 1.54) is 47.4 Å². The van der Waals surface area contributed by atoms with Crippen molar-refractivity contribution in [2.75, 3.05) is 11.4 Å². The van der Waals surface area contributed by atoms with Gasteiger partial charge >= 0.3 is 0 Å². The molecule has 1 aliphatic rings. The van der Waals surface area contributed by atoms with Crippen LogP contribution in [0.1, 0.15) is 27.9 Å². The van der Waals surface area contributed by atoms with Gasteiger partial charge in [0, 0.05) is 6.54 Å². The standard InChI is InChI=1S/C26H20FN3O3/c27-22-9-5-4-8-21(22)25(32)29(15-14-18-6-2-1-3-7-18)23-16-24(31)30(26(23)33)20-12-10-19(17-28)11-13-20/h1-13,23H,14-16H2. The molecule has 0 radical (unpaired) electrons. The molecule has 0 saturated carbocycles. The van der Waals surface area contributed by atoms with Crippen LogP contribution in [0.25, 0.3) is 0 Å². The molecule has 1 fully saturated rings. The number of halogens is 1. The van der Waals surface area contributed by atoms with Gasteiger partial charge < -0.3 is 4.90 Å². The Morgan fingerprint density at radius 2 is 1.67 bits per heavy atom. The summed E-state index contributed by atoms with van der Waals surface area (Å²) in [5, 5.41) is 8.99. The molecule has 0 aliphatic carbocycles. The van der Waals surface area contributed by atoms with Gasteiger partial charge in [-0.3, -0.25) is 14.4 Å². The second kappa shape index (κ2) is 9.45. The Morgan fingerprint density at radius 1 is 1.00 bits per heavy atom. The zero-order chi connectivity index (χ0) is 23.4. The summed E-state index contributed by atoms with van der Waals surface area (Å²) in [6.45, 7) is 0.141. The van der Waals surface area contributed by atoms with Gasteiger partial charge in [-0.15, -0.1) is 0 Å². The molecule has 4 rings (SSSR count). The molecular weight excluding hydrogens is 421 g/mol. The molecule has 1 aliphatic heterocycles. The highest BCUT2D eigenvalue weighted by Crippen LogP contribution is 2.27. The van der Waals surface area contributed by atoms with Crippen LogP contribution in [-0.4, -0.2) is 35.2 Å². The van der Waals surface area contributed by atoms with E-state index in [0.29, 0.717) is 17.7 Å². The Balaban J connectivity index is 1.65. The fourth-order valence-electron chi connectivity index (χ4n) is 3.90. The molecule has 3 aromatic carbocycles. The molecule has 0 bridgehead atoms. The van der Waals surface area contributed by atoms with Crippen molar-refractivity contribution in [2.45, 2.75) is 18.9 Å². The highest BCUT2D eigenvalue weighted by molar-refractivity contribution is 6.23. The number of nitrogens with zero attached hydrogens (tertiary/aromatic N) is 3. The van der Waals surface area contributed by atoms with Crippen molar-refractivity contribution < 1.29 is 18.8 Å². The number of imide groups is 1. The van der Waals surface area contributed by atoms with E-state index in [1.807, 2.05) is 36.4 Å². The molecule has 1 atom stereocenters. The smallest absolute Gasteiger partial charge is 0.257 e. The zero-order valence-electron chi connectivity index (χ0n) is 17.6. The Kier molecular flexibility index (Phi) is 6.27. The summed E-state index contributed by atoms with van der Waals surface area (Å²) in [5.41, 5.74) is 1.52. The Bertz CT molecular complexity index is 1240. The number of anilines is 1. The van der Waals surface area contributed by atoms with Crippen LogP contribution in [0.4, 0.5) is 10.1 Å². The maximum absolute atomic E-state index is 14.4. The van der Waals surface area contributed by atoms with Crippen LogP contribution in [0, 0.1) is 17.1 Å². The van der Waals surface area contributed by atoms with E-state index in [4.69, 9.17) is 5.26 Å². The molecule has 0 spiro atoms. The monoisotopic (exact) mass is 441 g/mol. The van der Waals surface area contributed by atoms with Crippen molar-refractivity contribution in [3.05, 3.63) is 101 Å². The molecule has 1 saturated heterocycles. The molecule has 0 aromatic heterocycles. The SMILES string of the molecule is N#Cc1ccc(N2C(=O)CC(N(CCc3ccccc3)C(=O)c3ccccc3F)C2=O)cc1. The largest absolute Gasteiger partial charge is 0.326 e. The molecule has 33 heavy (non-hydrogen) atoms. The van der Waals surface area contributed by atoms with Crippen molar-refractivity contribution in [3.8, 4) is 6.07 Å². The van der Waals surface area contributed by atoms with Crippen molar-refractivity contribution in [1.82, 2.24) is 4.90 Å². The number of carbonyl (C=O) groups excluding carboxylic acids is 3. The first-order chi connectivity index (χ1) is 16.0. The normalized spacial score (nSPS) is 15.4. The Morgan fingerprint density at radius 3 is 2.33 bits per heavy atom. The van der Waals surface area contributed by atoms with Crippen LogP contribution >= 0.6 is 0 Å². The van der Waals surface area contributed by atoms with Crippen LogP contribution in [0.15, 0.2) is 78.9 Å². The summed E-state index contributed by atoms with van der Waals surface area (Å²) >= 11 is 0. The van der Waals surface area contributed by atoms with E-state index >= 15 is 0 Å². The molecule has 164 valence electrons. The number of amides is 3. The maximum Gasteiger partial charge on any atom is 0.257 e. The molecule has 7 heteroatoms. The van der Waals surface area contributed by atoms with E-state index in [-0.39, 0.29) is 18.5 Å². The van der Waals surface area contributed by atoms with Gasteiger partial charge in [0.1, 0.15) is 11.9 Å². The minimum Gasteiger partial charge on any atom is -0.326 e. The van der Waals surface area contributed by atoms with Crippen LogP contribution in [0.2, 0.25) is 0 Å². The van der Waals surface area contributed by atoms with E-state index in [0.717, 1.165) is 10.5 Å². The number of hydrogen-bond donors (Lipinski definition) is 0. The third-order valence-corrected chi connectivity index (χ3v) is 5.60. The van der Waals surface area contributed by atoms with Gasteiger partial charge in [-0.1, -0.05) is 42.5 Å². The number of hydrogen-bond acceptors (Lipinski definition) is 4. The third-order valence-electron chi connectivity index (χ3n) is 5.60. The van der Waals surface area contributed by atoms with Gasteiger partial charge in [0.2, 0.25) is 5.91 Å². The molecular formula is C26H20FN3O3. The highest BCUT2D eigenvalue weighted by Gasteiger charge is 2.44. The van der Waals surface area contributed by atoms with Crippen molar-refractivity contribution >= 4 is 23.4 Å². The van der Waals surface area contributed by atoms with E-state index in [9.17, 15) is 18.8 Å². The Labute approximate surface area is 190 Å². The van der Waals surface area contributed by atoms with Crippen molar-refractivity contribution in [2.24, 2.45) is 0 Å². The molecule has 3 aromatic rings. The van der Waals surface area contributed by atoms with Gasteiger partial charge in [-0.05, 0) is 48.4 Å². The average molecular weight is 441 g/mol. The van der Waals surface area contributed by atoms with E-state index in [1.54, 1.807) is 6.07 Å². The van der Waals surface area contributed by atoms with Gasteiger partial charge in [-0.25, -0.2) is 9.29 Å². The average Bonchev–Trinajstić information content (AvgIpc) is 3.13. The quantitative estimate of drug-likeness (QED) is 0.546. The summed E-state index contributed by atoms with van der Waals surface area (Å²) in [6.07, 6.45) is 0.240. The molecule has 1 heterocycles. The van der Waals surface area contributed by atoms with Crippen LogP contribution < -0.4 is 4.90 Å². The number of nitriles is 1. The summed E-state index contributed by atoms with van der Waals surface area (Å²) in [5.74, 6) is -2.34. The maximum atomic E-state index is 14.4. The number of benzene rings is 3. The predicted molar refractivity (Wildman–Crippen MR) is 120 cm³/mol. The van der Waals surface area contributed by atoms with Crippen LogP contribution in [0.5, 0.6) is 0 Å². The topological polar surface area (TPSA) is 81.5 Å². The summed E-state index contributed by atoms with van der Waals surface area (Å²) in [7, 11) is 0. The molecule has 0 N–H and O–H groups in total. The first kappa shape index (κ1) is 21.9.